The molecular weight excluding hydrogens is 1390 g/mol. The van der Waals surface area contributed by atoms with Gasteiger partial charge < -0.3 is 0 Å². The van der Waals surface area contributed by atoms with Gasteiger partial charge in [0.05, 0.1) is 0 Å². The summed E-state index contributed by atoms with van der Waals surface area (Å²) in [6.07, 6.45) is 0. The summed E-state index contributed by atoms with van der Waals surface area (Å²) in [5.74, 6) is 0. The van der Waals surface area contributed by atoms with Gasteiger partial charge in [0.15, 0.2) is 0 Å². The molecule has 0 heteroatoms. The van der Waals surface area contributed by atoms with Crippen LogP contribution in [0.15, 0.2) is 473 Å². The average molecular weight is 1500 g/mol. The first-order valence-corrected chi connectivity index (χ1v) is 40.4. The van der Waals surface area contributed by atoms with Gasteiger partial charge in [-0.2, -0.15) is 0 Å². The van der Waals surface area contributed by atoms with Crippen molar-refractivity contribution in [2.45, 2.75) is 55.4 Å². The summed E-state index contributed by atoms with van der Waals surface area (Å²) < 4.78 is 0. The Morgan fingerprint density at radius 1 is 0.112 bits per heavy atom. The molecule has 0 amide bonds. The van der Waals surface area contributed by atoms with Crippen molar-refractivity contribution in [3.05, 3.63) is 507 Å². The first-order chi connectivity index (χ1) is 57.0. The maximum atomic E-state index is 2.22. The highest BCUT2D eigenvalue weighted by atomic mass is 14.1. The third kappa shape index (κ3) is 22.9. The van der Waals surface area contributed by atoms with E-state index in [2.05, 4.69) is 478 Å². The summed E-state index contributed by atoms with van der Waals surface area (Å²) in [7, 11) is 0. The van der Waals surface area contributed by atoms with E-state index >= 15 is 0 Å². The Morgan fingerprint density at radius 2 is 0.276 bits per heavy atom. The Hall–Kier alpha value is -14.0. The first kappa shape index (κ1) is 81.4. The molecule has 0 nitrogen and oxygen atoms in total. The van der Waals surface area contributed by atoms with Crippen LogP contribution >= 0.6 is 0 Å². The molecule has 0 radical (unpaired) electrons. The normalized spacial score (nSPS) is 10.2. The van der Waals surface area contributed by atoms with E-state index in [1.54, 1.807) is 0 Å². The summed E-state index contributed by atoms with van der Waals surface area (Å²) in [4.78, 5) is 0. The maximum Gasteiger partial charge on any atom is -0.00990 e. The molecule has 0 spiro atoms. The van der Waals surface area contributed by atoms with Crippen molar-refractivity contribution in [1.82, 2.24) is 0 Å². The number of benzene rings is 19. The van der Waals surface area contributed by atoms with Crippen LogP contribution in [-0.2, 0) is 0 Å². The minimum absolute atomic E-state index is 1.26. The Labute approximate surface area is 689 Å². The van der Waals surface area contributed by atoms with Gasteiger partial charge in [-0.1, -0.05) is 509 Å². The van der Waals surface area contributed by atoms with E-state index in [0.29, 0.717) is 0 Å². The van der Waals surface area contributed by atoms with Crippen molar-refractivity contribution in [3.63, 3.8) is 0 Å². The van der Waals surface area contributed by atoms with E-state index in [1.807, 2.05) is 50.2 Å². The van der Waals surface area contributed by atoms with Crippen LogP contribution in [0.2, 0.25) is 0 Å². The van der Waals surface area contributed by atoms with Gasteiger partial charge in [0, 0.05) is 0 Å². The second-order valence-corrected chi connectivity index (χ2v) is 28.7. The second-order valence-electron chi connectivity index (χ2n) is 28.7. The van der Waals surface area contributed by atoms with E-state index in [1.165, 1.54) is 166 Å². The fourth-order valence-corrected chi connectivity index (χ4v) is 14.1. The summed E-state index contributed by atoms with van der Waals surface area (Å²) in [5, 5.41) is 8.04. The zero-order valence-corrected chi connectivity index (χ0v) is 68.0. The lowest BCUT2D eigenvalue weighted by Crippen LogP contribution is -1.83. The van der Waals surface area contributed by atoms with E-state index in [-0.39, 0.29) is 0 Å². The molecule has 0 unspecified atom stereocenters. The molecule has 0 aliphatic rings. The fraction of sp³-hybridized carbons (Fsp3) is 0.0690. The molecule has 0 aliphatic heterocycles. The number of rotatable bonds is 9. The third-order valence-corrected chi connectivity index (χ3v) is 20.3. The highest BCUT2D eigenvalue weighted by molar-refractivity contribution is 6.25. The lowest BCUT2D eigenvalue weighted by atomic mass is 9.95. The molecule has 0 aromatic heterocycles. The molecule has 116 heavy (non-hydrogen) atoms. The molecule has 0 fully saturated rings. The van der Waals surface area contributed by atoms with Crippen LogP contribution in [0.3, 0.4) is 0 Å². The number of hydrogen-bond donors (Lipinski definition) is 0. The Balaban J connectivity index is 0.000000125. The van der Waals surface area contributed by atoms with Crippen LogP contribution < -0.4 is 0 Å². The van der Waals surface area contributed by atoms with Crippen molar-refractivity contribution in [2.75, 3.05) is 0 Å². The van der Waals surface area contributed by atoms with Crippen LogP contribution in [0, 0.1) is 41.5 Å². The Bertz CT molecular complexity index is 5890. The molecule has 0 heterocycles. The fourth-order valence-electron chi connectivity index (χ4n) is 14.1. The average Bonchev–Trinajstić information content (AvgIpc) is 0.749. The zero-order valence-electron chi connectivity index (χ0n) is 68.0. The van der Waals surface area contributed by atoms with E-state index < -0.39 is 0 Å². The van der Waals surface area contributed by atoms with Gasteiger partial charge >= 0.3 is 0 Å². The van der Waals surface area contributed by atoms with Gasteiger partial charge in [-0.15, -0.1) is 0 Å². The second kappa shape index (κ2) is 42.6. The van der Waals surface area contributed by atoms with Gasteiger partial charge in [0.25, 0.3) is 0 Å². The predicted octanol–water partition coefficient (Wildman–Crippen LogP) is 33.1. The largest absolute Gasteiger partial charge is 0.0683 e. The van der Waals surface area contributed by atoms with Crippen molar-refractivity contribution in [2.24, 2.45) is 0 Å². The first-order valence-electron chi connectivity index (χ1n) is 40.4. The lowest BCUT2D eigenvalue weighted by molar-refractivity contribution is 1.46. The third-order valence-electron chi connectivity index (χ3n) is 20.3. The van der Waals surface area contributed by atoms with E-state index in [0.717, 1.165) is 0 Å². The minimum Gasteiger partial charge on any atom is -0.0683 e. The number of hydrogen-bond acceptors (Lipinski definition) is 0. The molecule has 0 bridgehead atoms. The molecule has 19 rings (SSSR count). The SMILES string of the molecule is CC.Cc1ccc(-c2ccc(-c3ccccc3)cc2)cc1.Cc1ccc(-c2ccccc2)cc1.Cc1cccc(-c2ccc(-c3ccccc3)cc2)c1.Cc1cccc(-c2ccccc2)c1.Cc1ccccc1-c1ccc(-c2ccccc2)cc1.Cc1ccccc1-c1ccccc1.c1ccc2c(c1)c1ccccc1c1ccccc21. The maximum absolute atomic E-state index is 2.22. The number of fused-ring (bicyclic) bond motifs is 6. The highest BCUT2D eigenvalue weighted by Crippen LogP contribution is 2.36. The minimum atomic E-state index is 1.26. The van der Waals surface area contributed by atoms with Gasteiger partial charge in [-0.25, -0.2) is 0 Å². The molecule has 0 N–H and O–H groups in total. The molecule has 19 aromatic rings. The van der Waals surface area contributed by atoms with Crippen molar-refractivity contribution in [1.29, 1.82) is 0 Å². The topological polar surface area (TPSA) is 0 Å². The van der Waals surface area contributed by atoms with Crippen LogP contribution in [0.5, 0.6) is 0 Å². The van der Waals surface area contributed by atoms with Gasteiger partial charge in [-0.05, 0) is 185 Å². The standard InChI is InChI=1S/3C19H16.C18H12.3C13H12.C2H6/c1-15-7-5-6-10-19(15)18-13-11-17(12-14-18)16-8-3-2-4-9-16;1-15-6-5-9-19(14-15)18-12-10-17(11-13-18)16-7-3-2-4-8-16;1-15-7-9-17(10-8-15)19-13-11-18(12-14-19)16-5-3-2-4-6-16;1-2-8-14-13(7-1)15-9-3-4-11-17(15)18-12-6-5-10-16(14)18;1-11-7-5-6-10-13(11)12-8-3-2-4-9-12;1-11-6-5-9-13(10-11)12-7-3-2-4-8-12;1-11-7-9-13(10-8-11)12-5-3-2-4-6-12;1-2/h3*2-14H,1H3;1-12H;3*2-10H,1H3;1-2H3. The van der Waals surface area contributed by atoms with E-state index in [4.69, 9.17) is 0 Å². The highest BCUT2D eigenvalue weighted by Gasteiger charge is 2.09. The summed E-state index contributed by atoms with van der Waals surface area (Å²) in [6, 6.07) is 166. The van der Waals surface area contributed by atoms with Gasteiger partial charge in [0.2, 0.25) is 0 Å². The van der Waals surface area contributed by atoms with Crippen LogP contribution in [-0.4, -0.2) is 0 Å². The van der Waals surface area contributed by atoms with Crippen LogP contribution in [0.4, 0.5) is 0 Å². The molecule has 566 valence electrons. The molecule has 0 saturated carbocycles. The molecule has 0 aliphatic carbocycles. The number of aryl methyl sites for hydroxylation is 6. The predicted molar refractivity (Wildman–Crippen MR) is 506 cm³/mol. The summed E-state index contributed by atoms with van der Waals surface area (Å²) in [6.45, 7) is 16.8. The smallest absolute Gasteiger partial charge is 0.00990 e. The van der Waals surface area contributed by atoms with Crippen molar-refractivity contribution < 1.29 is 0 Å². The molecular formula is C116H102. The van der Waals surface area contributed by atoms with Crippen molar-refractivity contribution >= 4 is 32.3 Å². The van der Waals surface area contributed by atoms with Crippen molar-refractivity contribution in [3.8, 4) is 100 Å². The molecule has 0 atom stereocenters. The summed E-state index contributed by atoms with van der Waals surface area (Å²) >= 11 is 0. The van der Waals surface area contributed by atoms with Crippen LogP contribution in [0.25, 0.3) is 132 Å². The Morgan fingerprint density at radius 3 is 0.517 bits per heavy atom. The van der Waals surface area contributed by atoms with Gasteiger partial charge in [-0.3, -0.25) is 0 Å². The summed E-state index contributed by atoms with van der Waals surface area (Å²) in [5.41, 5.74) is 30.8. The Kier molecular flexibility index (Phi) is 29.9. The van der Waals surface area contributed by atoms with Gasteiger partial charge in [0.1, 0.15) is 0 Å². The monoisotopic (exact) mass is 1490 g/mol. The quantitative estimate of drug-likeness (QED) is 0.126. The van der Waals surface area contributed by atoms with Crippen LogP contribution in [0.1, 0.15) is 47.2 Å². The molecule has 0 saturated heterocycles. The lowest BCUT2D eigenvalue weighted by Gasteiger charge is -2.09. The zero-order chi connectivity index (χ0) is 80.5. The molecule has 19 aromatic carbocycles. The van der Waals surface area contributed by atoms with E-state index in [9.17, 15) is 0 Å².